The van der Waals surface area contributed by atoms with E-state index in [1.54, 1.807) is 18.2 Å². The van der Waals surface area contributed by atoms with Gasteiger partial charge in [0.25, 0.3) is 5.91 Å². The Morgan fingerprint density at radius 1 is 1.25 bits per heavy atom. The number of benzene rings is 1. The Balaban J connectivity index is 2.02. The third-order valence-electron chi connectivity index (χ3n) is 2.47. The van der Waals surface area contributed by atoms with Crippen molar-refractivity contribution in [1.82, 2.24) is 10.2 Å². The van der Waals surface area contributed by atoms with Gasteiger partial charge in [-0.1, -0.05) is 0 Å². The van der Waals surface area contributed by atoms with E-state index in [1.165, 1.54) is 0 Å². The number of carbonyl (C=O) groups is 1. The molecule has 0 aliphatic heterocycles. The summed E-state index contributed by atoms with van der Waals surface area (Å²) in [7, 11) is 0. The van der Waals surface area contributed by atoms with Gasteiger partial charge in [0.2, 0.25) is 0 Å². The van der Waals surface area contributed by atoms with E-state index in [9.17, 15) is 4.79 Å². The van der Waals surface area contributed by atoms with Gasteiger partial charge in [-0.3, -0.25) is 9.89 Å². The number of nitrogens with one attached hydrogen (secondary N) is 2. The molecular formula is C15H19N3O2. The second-order valence-corrected chi connectivity index (χ2v) is 5.63. The molecule has 0 aliphatic rings. The minimum absolute atomic E-state index is 0.237. The van der Waals surface area contributed by atoms with Crippen LogP contribution in [0.2, 0.25) is 0 Å². The van der Waals surface area contributed by atoms with Crippen molar-refractivity contribution in [1.29, 1.82) is 0 Å². The summed E-state index contributed by atoms with van der Waals surface area (Å²) in [4.78, 5) is 11.9. The Hall–Kier alpha value is -2.30. The van der Waals surface area contributed by atoms with Crippen molar-refractivity contribution in [3.05, 3.63) is 41.7 Å². The fourth-order valence-corrected chi connectivity index (χ4v) is 1.69. The average molecular weight is 273 g/mol. The van der Waals surface area contributed by atoms with E-state index in [1.807, 2.05) is 39.8 Å². The van der Waals surface area contributed by atoms with Gasteiger partial charge in [0, 0.05) is 11.4 Å². The van der Waals surface area contributed by atoms with Crippen molar-refractivity contribution in [2.24, 2.45) is 0 Å². The number of rotatable bonds is 3. The Morgan fingerprint density at radius 2 is 1.90 bits per heavy atom. The average Bonchev–Trinajstić information content (AvgIpc) is 2.77. The normalized spacial score (nSPS) is 11.2. The second-order valence-electron chi connectivity index (χ2n) is 5.63. The minimum Gasteiger partial charge on any atom is -0.488 e. The van der Waals surface area contributed by atoms with E-state index >= 15 is 0 Å². The fraction of sp³-hybridized carbons (Fsp3) is 0.333. The summed E-state index contributed by atoms with van der Waals surface area (Å²) < 4.78 is 5.72. The molecular weight excluding hydrogens is 254 g/mol. The number of amides is 1. The number of aromatic amines is 1. The molecule has 2 N–H and O–H groups in total. The summed E-state index contributed by atoms with van der Waals surface area (Å²) in [5, 5.41) is 9.44. The van der Waals surface area contributed by atoms with Crippen LogP contribution in [-0.4, -0.2) is 21.7 Å². The molecule has 1 aromatic heterocycles. The van der Waals surface area contributed by atoms with Gasteiger partial charge in [0.05, 0.1) is 0 Å². The first-order valence-corrected chi connectivity index (χ1v) is 6.46. The molecule has 1 heterocycles. The van der Waals surface area contributed by atoms with Crippen molar-refractivity contribution in [2.75, 3.05) is 5.32 Å². The lowest BCUT2D eigenvalue weighted by Gasteiger charge is -2.21. The zero-order valence-electron chi connectivity index (χ0n) is 12.2. The largest absolute Gasteiger partial charge is 0.488 e. The van der Waals surface area contributed by atoms with Crippen LogP contribution in [0.5, 0.6) is 5.75 Å². The third-order valence-corrected chi connectivity index (χ3v) is 2.47. The lowest BCUT2D eigenvalue weighted by molar-refractivity contribution is 0.102. The Kier molecular flexibility index (Phi) is 3.79. The molecule has 0 atom stereocenters. The third kappa shape index (κ3) is 3.85. The van der Waals surface area contributed by atoms with Crippen molar-refractivity contribution in [3.8, 4) is 5.75 Å². The van der Waals surface area contributed by atoms with Crippen molar-refractivity contribution >= 4 is 11.6 Å². The van der Waals surface area contributed by atoms with Gasteiger partial charge < -0.3 is 10.1 Å². The molecule has 106 valence electrons. The van der Waals surface area contributed by atoms with Gasteiger partial charge in [0.1, 0.15) is 11.4 Å². The van der Waals surface area contributed by atoms with Crippen LogP contribution in [0.15, 0.2) is 30.3 Å². The number of ether oxygens (including phenoxy) is 1. The molecule has 5 heteroatoms. The van der Waals surface area contributed by atoms with Crippen LogP contribution in [0, 0.1) is 6.92 Å². The summed E-state index contributed by atoms with van der Waals surface area (Å²) >= 11 is 0. The van der Waals surface area contributed by atoms with E-state index < -0.39 is 0 Å². The van der Waals surface area contributed by atoms with Crippen LogP contribution in [0.1, 0.15) is 37.0 Å². The lowest BCUT2D eigenvalue weighted by atomic mass is 10.2. The van der Waals surface area contributed by atoms with Gasteiger partial charge >= 0.3 is 0 Å². The first-order valence-electron chi connectivity index (χ1n) is 6.46. The molecule has 0 bridgehead atoms. The number of hydrogen-bond acceptors (Lipinski definition) is 3. The minimum atomic E-state index is -0.239. The van der Waals surface area contributed by atoms with E-state index in [0.717, 1.165) is 11.4 Å². The van der Waals surface area contributed by atoms with E-state index in [0.29, 0.717) is 11.4 Å². The SMILES string of the molecule is Cc1cc(C(=O)Nc2ccc(OC(C)(C)C)cc2)n[nH]1. The maximum absolute atomic E-state index is 11.9. The lowest BCUT2D eigenvalue weighted by Crippen LogP contribution is -2.22. The Bertz CT molecular complexity index is 594. The Morgan fingerprint density at radius 3 is 2.40 bits per heavy atom. The van der Waals surface area contributed by atoms with Crippen molar-refractivity contribution < 1.29 is 9.53 Å². The Labute approximate surface area is 118 Å². The maximum Gasteiger partial charge on any atom is 0.276 e. The monoisotopic (exact) mass is 273 g/mol. The summed E-state index contributed by atoms with van der Waals surface area (Å²) in [5.74, 6) is 0.532. The number of H-pyrrole nitrogens is 1. The molecule has 0 saturated heterocycles. The summed E-state index contributed by atoms with van der Waals surface area (Å²) in [6.07, 6.45) is 0. The maximum atomic E-state index is 11.9. The van der Waals surface area contributed by atoms with Crippen LogP contribution in [-0.2, 0) is 0 Å². The molecule has 2 rings (SSSR count). The van der Waals surface area contributed by atoms with Crippen LogP contribution >= 0.6 is 0 Å². The molecule has 1 aromatic carbocycles. The van der Waals surface area contributed by atoms with E-state index in [4.69, 9.17) is 4.74 Å². The molecule has 1 amide bonds. The van der Waals surface area contributed by atoms with Crippen molar-refractivity contribution in [3.63, 3.8) is 0 Å². The topological polar surface area (TPSA) is 67.0 Å². The van der Waals surface area contributed by atoms with Gasteiger partial charge in [-0.15, -0.1) is 0 Å². The van der Waals surface area contributed by atoms with Gasteiger partial charge in [-0.25, -0.2) is 0 Å². The first kappa shape index (κ1) is 14.1. The highest BCUT2D eigenvalue weighted by Gasteiger charge is 2.12. The number of anilines is 1. The van der Waals surface area contributed by atoms with Crippen LogP contribution in [0.25, 0.3) is 0 Å². The van der Waals surface area contributed by atoms with Gasteiger partial charge in [-0.05, 0) is 58.0 Å². The number of carbonyl (C=O) groups excluding carboxylic acids is 1. The quantitative estimate of drug-likeness (QED) is 0.902. The van der Waals surface area contributed by atoms with Crippen LogP contribution in [0.4, 0.5) is 5.69 Å². The first-order chi connectivity index (χ1) is 9.33. The number of nitrogens with zero attached hydrogens (tertiary/aromatic N) is 1. The molecule has 0 unspecified atom stereocenters. The van der Waals surface area contributed by atoms with Crippen LogP contribution in [0.3, 0.4) is 0 Å². The summed E-state index contributed by atoms with van der Waals surface area (Å²) in [6.45, 7) is 7.82. The highest BCUT2D eigenvalue weighted by atomic mass is 16.5. The zero-order valence-corrected chi connectivity index (χ0v) is 12.2. The number of hydrogen-bond donors (Lipinski definition) is 2. The standard InChI is InChI=1S/C15H19N3O2/c1-10-9-13(18-17-10)14(19)16-11-5-7-12(8-6-11)20-15(2,3)4/h5-9H,1-4H3,(H,16,19)(H,17,18). The predicted octanol–water partition coefficient (Wildman–Crippen LogP) is 3.15. The molecule has 0 saturated carbocycles. The van der Waals surface area contributed by atoms with E-state index in [-0.39, 0.29) is 11.5 Å². The van der Waals surface area contributed by atoms with E-state index in [2.05, 4.69) is 15.5 Å². The fourth-order valence-electron chi connectivity index (χ4n) is 1.69. The summed E-state index contributed by atoms with van der Waals surface area (Å²) in [5.41, 5.74) is 1.69. The molecule has 0 spiro atoms. The highest BCUT2D eigenvalue weighted by molar-refractivity contribution is 6.02. The second kappa shape index (κ2) is 5.36. The molecule has 0 fully saturated rings. The molecule has 5 nitrogen and oxygen atoms in total. The van der Waals surface area contributed by atoms with Gasteiger partial charge in [-0.2, -0.15) is 5.10 Å². The number of aryl methyl sites for hydroxylation is 1. The van der Waals surface area contributed by atoms with Crippen LogP contribution < -0.4 is 10.1 Å². The molecule has 0 radical (unpaired) electrons. The zero-order chi connectivity index (χ0) is 14.8. The molecule has 2 aromatic rings. The summed E-state index contributed by atoms with van der Waals surface area (Å²) in [6, 6.07) is 8.97. The van der Waals surface area contributed by atoms with Crippen molar-refractivity contribution in [2.45, 2.75) is 33.3 Å². The number of aromatic nitrogens is 2. The molecule has 0 aliphatic carbocycles. The highest BCUT2D eigenvalue weighted by Crippen LogP contribution is 2.20. The smallest absolute Gasteiger partial charge is 0.276 e. The van der Waals surface area contributed by atoms with Gasteiger partial charge in [0.15, 0.2) is 5.69 Å². The predicted molar refractivity (Wildman–Crippen MR) is 78.1 cm³/mol. The molecule has 20 heavy (non-hydrogen) atoms.